The molecule has 0 spiro atoms. The summed E-state index contributed by atoms with van der Waals surface area (Å²) in [5, 5.41) is 20.6. The van der Waals surface area contributed by atoms with Crippen LogP contribution in [0.5, 0.6) is 0 Å². The Balaban J connectivity index is 1.79. The van der Waals surface area contributed by atoms with Crippen LogP contribution in [0.15, 0.2) is 30.5 Å². The van der Waals surface area contributed by atoms with E-state index in [9.17, 15) is 19.7 Å². The number of hydrogen-bond donors (Lipinski definition) is 1. The molecule has 0 radical (unpaired) electrons. The molecular formula is C16H17N3O5S. The van der Waals surface area contributed by atoms with Crippen LogP contribution >= 0.6 is 11.8 Å². The van der Waals surface area contributed by atoms with Crippen molar-refractivity contribution in [2.24, 2.45) is 0 Å². The minimum absolute atomic E-state index is 0.00570. The number of thioether (sulfide) groups is 1. The van der Waals surface area contributed by atoms with Crippen molar-refractivity contribution in [2.75, 3.05) is 18.1 Å². The molecule has 0 bridgehead atoms. The summed E-state index contributed by atoms with van der Waals surface area (Å²) in [5.74, 6) is 0.364. The quantitative estimate of drug-likeness (QED) is 0.643. The molecule has 132 valence electrons. The maximum atomic E-state index is 12.7. The molecular weight excluding hydrogens is 346 g/mol. The summed E-state index contributed by atoms with van der Waals surface area (Å²) < 4.78 is 1.74. The maximum Gasteiger partial charge on any atom is 0.305 e. The first-order chi connectivity index (χ1) is 12.0. The Morgan fingerprint density at radius 1 is 1.36 bits per heavy atom. The topological polar surface area (TPSA) is 106 Å². The number of nitrogens with zero attached hydrogens (tertiary/aromatic N) is 3. The van der Waals surface area contributed by atoms with E-state index >= 15 is 0 Å². The second kappa shape index (κ2) is 7.14. The van der Waals surface area contributed by atoms with Crippen molar-refractivity contribution in [3.05, 3.63) is 40.6 Å². The van der Waals surface area contributed by atoms with Gasteiger partial charge in [-0.1, -0.05) is 0 Å². The van der Waals surface area contributed by atoms with E-state index in [-0.39, 0.29) is 30.6 Å². The highest BCUT2D eigenvalue weighted by atomic mass is 32.2. The lowest BCUT2D eigenvalue weighted by molar-refractivity contribution is -0.384. The number of non-ortho nitro benzene ring substituents is 1. The van der Waals surface area contributed by atoms with E-state index in [1.165, 1.54) is 12.1 Å². The monoisotopic (exact) mass is 363 g/mol. The van der Waals surface area contributed by atoms with Crippen LogP contribution in [0, 0.1) is 10.1 Å². The number of carboxylic acids is 1. The first-order valence-electron chi connectivity index (χ1n) is 7.78. The Labute approximate surface area is 147 Å². The number of nitro benzene ring substituents is 1. The van der Waals surface area contributed by atoms with Gasteiger partial charge >= 0.3 is 5.97 Å². The molecule has 1 N–H and O–H groups in total. The van der Waals surface area contributed by atoms with Crippen molar-refractivity contribution < 1.29 is 19.6 Å². The largest absolute Gasteiger partial charge is 0.481 e. The van der Waals surface area contributed by atoms with Gasteiger partial charge in [-0.3, -0.25) is 19.7 Å². The summed E-state index contributed by atoms with van der Waals surface area (Å²) >= 11 is 1.65. The minimum Gasteiger partial charge on any atom is -0.481 e. The zero-order chi connectivity index (χ0) is 18.0. The van der Waals surface area contributed by atoms with Crippen LogP contribution in [0.1, 0.15) is 6.42 Å². The van der Waals surface area contributed by atoms with Crippen LogP contribution in [0.2, 0.25) is 0 Å². The third kappa shape index (κ3) is 3.76. The summed E-state index contributed by atoms with van der Waals surface area (Å²) in [6.45, 7) is 0.619. The third-order valence-electron chi connectivity index (χ3n) is 4.23. The van der Waals surface area contributed by atoms with Crippen molar-refractivity contribution in [3.8, 4) is 0 Å². The van der Waals surface area contributed by atoms with Gasteiger partial charge in [0.15, 0.2) is 0 Å². The van der Waals surface area contributed by atoms with Crippen molar-refractivity contribution in [2.45, 2.75) is 19.0 Å². The van der Waals surface area contributed by atoms with Gasteiger partial charge in [0.05, 0.1) is 17.4 Å². The number of aromatic nitrogens is 1. The van der Waals surface area contributed by atoms with Gasteiger partial charge in [0.1, 0.15) is 6.54 Å². The normalized spacial score (nSPS) is 17.6. The lowest BCUT2D eigenvalue weighted by Crippen LogP contribution is -2.48. The summed E-state index contributed by atoms with van der Waals surface area (Å²) in [6.07, 6.45) is 1.66. The molecule has 8 nitrogen and oxygen atoms in total. The Kier molecular flexibility index (Phi) is 4.93. The number of nitro groups is 1. The molecule has 9 heteroatoms. The van der Waals surface area contributed by atoms with Crippen molar-refractivity contribution >= 4 is 40.2 Å². The third-order valence-corrected chi connectivity index (χ3v) is 5.32. The minimum atomic E-state index is -0.913. The predicted octanol–water partition coefficient (Wildman–Crippen LogP) is 1.97. The standard InChI is InChI=1S/C16H17N3O5S/c20-15(18-5-6-25-10-13(18)8-16(21)22)9-17-4-3-11-7-12(19(23)24)1-2-14(11)17/h1-4,7,13H,5-6,8-10H2,(H,21,22). The number of benzene rings is 1. The van der Waals surface area contributed by atoms with Crippen LogP contribution in [-0.2, 0) is 16.1 Å². The fourth-order valence-electron chi connectivity index (χ4n) is 3.03. The summed E-state index contributed by atoms with van der Waals surface area (Å²) in [6, 6.07) is 5.94. The smallest absolute Gasteiger partial charge is 0.305 e. The van der Waals surface area contributed by atoms with Gasteiger partial charge in [-0.05, 0) is 12.1 Å². The molecule has 1 aromatic carbocycles. The molecule has 1 amide bonds. The number of carbonyl (C=O) groups is 2. The molecule has 1 aliphatic heterocycles. The van der Waals surface area contributed by atoms with E-state index in [1.807, 2.05) is 0 Å². The Hall–Kier alpha value is -2.55. The van der Waals surface area contributed by atoms with Gasteiger partial charge < -0.3 is 14.6 Å². The SMILES string of the molecule is O=C(O)CC1CSCCN1C(=O)Cn1ccc2cc([N+](=O)[O-])ccc21. The maximum absolute atomic E-state index is 12.7. The number of hydrogen-bond acceptors (Lipinski definition) is 5. The number of carboxylic acid groups (broad SMARTS) is 1. The molecule has 1 unspecified atom stereocenters. The van der Waals surface area contributed by atoms with E-state index in [0.29, 0.717) is 17.7 Å². The lowest BCUT2D eigenvalue weighted by Gasteiger charge is -2.34. The fraction of sp³-hybridized carbons (Fsp3) is 0.375. The molecule has 0 saturated carbocycles. The first-order valence-corrected chi connectivity index (χ1v) is 8.93. The van der Waals surface area contributed by atoms with Gasteiger partial charge in [-0.2, -0.15) is 11.8 Å². The Morgan fingerprint density at radius 3 is 2.88 bits per heavy atom. The molecule has 0 aliphatic carbocycles. The van der Waals surface area contributed by atoms with Crippen LogP contribution in [0.3, 0.4) is 0 Å². The predicted molar refractivity (Wildman–Crippen MR) is 93.7 cm³/mol. The van der Waals surface area contributed by atoms with Gasteiger partial charge in [0, 0.05) is 47.3 Å². The van der Waals surface area contributed by atoms with E-state index < -0.39 is 10.9 Å². The number of amides is 1. The molecule has 1 atom stereocenters. The first kappa shape index (κ1) is 17.3. The number of fused-ring (bicyclic) bond motifs is 1. The van der Waals surface area contributed by atoms with Crippen molar-refractivity contribution in [1.82, 2.24) is 9.47 Å². The molecule has 1 aromatic heterocycles. The number of aliphatic carboxylic acids is 1. The lowest BCUT2D eigenvalue weighted by atomic mass is 10.2. The van der Waals surface area contributed by atoms with Crippen molar-refractivity contribution in [1.29, 1.82) is 0 Å². The summed E-state index contributed by atoms with van der Waals surface area (Å²) in [4.78, 5) is 35.7. The molecule has 2 aromatic rings. The average Bonchev–Trinajstić information content (AvgIpc) is 2.97. The molecule has 2 heterocycles. The Morgan fingerprint density at radius 2 is 2.16 bits per heavy atom. The van der Waals surface area contributed by atoms with Gasteiger partial charge in [-0.15, -0.1) is 0 Å². The van der Waals surface area contributed by atoms with Gasteiger partial charge in [0.2, 0.25) is 5.91 Å². The van der Waals surface area contributed by atoms with E-state index in [0.717, 1.165) is 11.3 Å². The highest BCUT2D eigenvalue weighted by Gasteiger charge is 2.29. The van der Waals surface area contributed by atoms with Gasteiger partial charge in [0.25, 0.3) is 5.69 Å². The Bertz CT molecular complexity index is 834. The molecule has 1 aliphatic rings. The van der Waals surface area contributed by atoms with E-state index in [4.69, 9.17) is 5.11 Å². The zero-order valence-electron chi connectivity index (χ0n) is 13.3. The van der Waals surface area contributed by atoms with Crippen molar-refractivity contribution in [3.63, 3.8) is 0 Å². The van der Waals surface area contributed by atoms with Crippen LogP contribution in [0.25, 0.3) is 10.9 Å². The van der Waals surface area contributed by atoms with Crippen LogP contribution in [-0.4, -0.2) is 55.5 Å². The highest BCUT2D eigenvalue weighted by molar-refractivity contribution is 7.99. The fourth-order valence-corrected chi connectivity index (χ4v) is 4.09. The van der Waals surface area contributed by atoms with Crippen LogP contribution < -0.4 is 0 Å². The van der Waals surface area contributed by atoms with E-state index in [2.05, 4.69) is 0 Å². The second-order valence-corrected chi connectivity index (χ2v) is 7.01. The summed E-state index contributed by atoms with van der Waals surface area (Å²) in [7, 11) is 0. The number of carbonyl (C=O) groups excluding carboxylic acids is 1. The van der Waals surface area contributed by atoms with Gasteiger partial charge in [-0.25, -0.2) is 0 Å². The summed E-state index contributed by atoms with van der Waals surface area (Å²) in [5.41, 5.74) is 0.742. The second-order valence-electron chi connectivity index (χ2n) is 5.86. The molecule has 1 saturated heterocycles. The zero-order valence-corrected chi connectivity index (χ0v) is 14.1. The van der Waals surface area contributed by atoms with Crippen LogP contribution in [0.4, 0.5) is 5.69 Å². The molecule has 25 heavy (non-hydrogen) atoms. The number of rotatable bonds is 5. The molecule has 3 rings (SSSR count). The highest BCUT2D eigenvalue weighted by Crippen LogP contribution is 2.23. The average molecular weight is 363 g/mol. The molecule has 1 fully saturated rings. The van der Waals surface area contributed by atoms with E-state index in [1.54, 1.807) is 39.6 Å².